The zero-order chi connectivity index (χ0) is 17.1. The number of carbonyl (C=O) groups excluding carboxylic acids is 1. The van der Waals surface area contributed by atoms with E-state index in [4.69, 9.17) is 0 Å². The molecular weight excluding hydrogens is 307 g/mol. The summed E-state index contributed by atoms with van der Waals surface area (Å²) < 4.78 is 14.1. The molecule has 1 aromatic heterocycles. The first-order valence-electron chi connectivity index (χ1n) is 8.34. The van der Waals surface area contributed by atoms with Crippen LogP contribution in [0.15, 0.2) is 18.2 Å². The van der Waals surface area contributed by atoms with Gasteiger partial charge in [0, 0.05) is 11.3 Å². The Balaban J connectivity index is 1.68. The van der Waals surface area contributed by atoms with Crippen molar-refractivity contribution in [1.29, 1.82) is 0 Å². The van der Waals surface area contributed by atoms with Crippen molar-refractivity contribution in [2.45, 2.75) is 26.3 Å². The number of amides is 1. The number of carbonyl (C=O) groups is 1. The molecule has 1 saturated heterocycles. The molecule has 24 heavy (non-hydrogen) atoms. The van der Waals surface area contributed by atoms with Gasteiger partial charge in [0.25, 0.3) is 0 Å². The predicted molar refractivity (Wildman–Crippen MR) is 88.7 cm³/mol. The van der Waals surface area contributed by atoms with Crippen LogP contribution in [0.3, 0.4) is 0 Å². The Bertz CT molecular complexity index is 825. The van der Waals surface area contributed by atoms with Crippen LogP contribution in [0.5, 0.6) is 0 Å². The Morgan fingerprint density at radius 3 is 2.71 bits per heavy atom. The fourth-order valence-corrected chi connectivity index (χ4v) is 3.96. The van der Waals surface area contributed by atoms with Gasteiger partial charge in [-0.2, -0.15) is 0 Å². The molecule has 2 aliphatic rings. The van der Waals surface area contributed by atoms with Crippen molar-refractivity contribution in [1.82, 2.24) is 20.6 Å². The summed E-state index contributed by atoms with van der Waals surface area (Å²) in [5.41, 5.74) is 0.262. The molecule has 4 rings (SSSR count). The Hall–Kier alpha value is -2.08. The summed E-state index contributed by atoms with van der Waals surface area (Å²) in [5, 5.41) is 7.06. The lowest BCUT2D eigenvalue weighted by Gasteiger charge is -2.27. The van der Waals surface area contributed by atoms with Gasteiger partial charge >= 0.3 is 0 Å². The number of aromatic nitrogens is 2. The number of halogens is 1. The largest absolute Gasteiger partial charge is 0.345 e. The highest BCUT2D eigenvalue weighted by Crippen LogP contribution is 2.49. The first-order chi connectivity index (χ1) is 11.4. The number of hydrogen-bond donors (Lipinski definition) is 2. The lowest BCUT2D eigenvalue weighted by Crippen LogP contribution is -2.44. The van der Waals surface area contributed by atoms with Gasteiger partial charge in [-0.05, 0) is 51.8 Å². The average molecular weight is 328 g/mol. The van der Waals surface area contributed by atoms with Crippen LogP contribution < -0.4 is 10.6 Å². The van der Waals surface area contributed by atoms with Crippen molar-refractivity contribution in [3.63, 3.8) is 0 Å². The minimum atomic E-state index is -0.693. The van der Waals surface area contributed by atoms with Crippen molar-refractivity contribution < 1.29 is 9.18 Å². The van der Waals surface area contributed by atoms with E-state index in [1.54, 1.807) is 19.1 Å². The third-order valence-electron chi connectivity index (χ3n) is 5.21. The van der Waals surface area contributed by atoms with Gasteiger partial charge < -0.3 is 10.6 Å². The number of rotatable bonds is 3. The van der Waals surface area contributed by atoms with Crippen molar-refractivity contribution in [2.24, 2.45) is 17.8 Å². The van der Waals surface area contributed by atoms with E-state index in [9.17, 15) is 9.18 Å². The van der Waals surface area contributed by atoms with Crippen molar-refractivity contribution in [2.75, 3.05) is 13.1 Å². The Morgan fingerprint density at radius 2 is 2.00 bits per heavy atom. The number of fused-ring (bicyclic) bond motifs is 2. The number of para-hydroxylation sites is 1. The topological polar surface area (TPSA) is 66.9 Å². The molecule has 2 N–H and O–H groups in total. The smallest absolute Gasteiger partial charge is 0.224 e. The second kappa shape index (κ2) is 5.21. The van der Waals surface area contributed by atoms with Crippen molar-refractivity contribution in [3.8, 4) is 0 Å². The number of benzene rings is 1. The number of aryl methyl sites for hydroxylation is 1. The Labute approximate surface area is 140 Å². The zero-order valence-corrected chi connectivity index (χ0v) is 14.1. The molecule has 2 atom stereocenters. The predicted octanol–water partition coefficient (Wildman–Crippen LogP) is 1.89. The van der Waals surface area contributed by atoms with Crippen LogP contribution in [-0.2, 0) is 10.3 Å². The highest BCUT2D eigenvalue weighted by molar-refractivity contribution is 5.86. The van der Waals surface area contributed by atoms with Gasteiger partial charge in [-0.15, -0.1) is 0 Å². The third kappa shape index (κ3) is 2.36. The van der Waals surface area contributed by atoms with Crippen LogP contribution in [0, 0.1) is 30.5 Å². The molecule has 1 aromatic carbocycles. The summed E-state index contributed by atoms with van der Waals surface area (Å²) in [5.74, 6) is 1.21. The SMILES string of the molecule is Cc1nc(C(C)(C)NC(=O)C2C3CNCC32)c2cccc(F)c2n1. The van der Waals surface area contributed by atoms with E-state index in [0.717, 1.165) is 13.1 Å². The number of hydrogen-bond acceptors (Lipinski definition) is 4. The number of nitrogens with zero attached hydrogens (tertiary/aromatic N) is 2. The fourth-order valence-electron chi connectivity index (χ4n) is 3.96. The summed E-state index contributed by atoms with van der Waals surface area (Å²) in [4.78, 5) is 21.4. The first kappa shape index (κ1) is 15.4. The van der Waals surface area contributed by atoms with Crippen LogP contribution in [0.25, 0.3) is 10.9 Å². The molecule has 2 heterocycles. The van der Waals surface area contributed by atoms with Gasteiger partial charge in [0.15, 0.2) is 0 Å². The normalized spacial score (nSPS) is 25.6. The summed E-state index contributed by atoms with van der Waals surface area (Å²) in [6.45, 7) is 7.40. The van der Waals surface area contributed by atoms with E-state index in [1.807, 2.05) is 13.8 Å². The van der Waals surface area contributed by atoms with Gasteiger partial charge in [0.2, 0.25) is 5.91 Å². The molecule has 2 aromatic rings. The molecule has 1 aliphatic heterocycles. The van der Waals surface area contributed by atoms with Crippen LogP contribution in [0.1, 0.15) is 25.4 Å². The maximum absolute atomic E-state index is 14.1. The monoisotopic (exact) mass is 328 g/mol. The molecule has 5 nitrogen and oxygen atoms in total. The third-order valence-corrected chi connectivity index (χ3v) is 5.21. The lowest BCUT2D eigenvalue weighted by atomic mass is 9.95. The van der Waals surface area contributed by atoms with Crippen LogP contribution in [0.2, 0.25) is 0 Å². The second-order valence-corrected chi connectivity index (χ2v) is 7.38. The fraction of sp³-hybridized carbons (Fsp3) is 0.500. The molecule has 0 spiro atoms. The number of piperidine rings is 1. The summed E-state index contributed by atoms with van der Waals surface area (Å²) in [6, 6.07) is 4.84. The molecule has 1 aliphatic carbocycles. The maximum Gasteiger partial charge on any atom is 0.224 e. The van der Waals surface area contributed by atoms with Gasteiger partial charge in [0.1, 0.15) is 17.2 Å². The molecule has 2 fully saturated rings. The molecule has 1 amide bonds. The molecule has 0 radical (unpaired) electrons. The van der Waals surface area contributed by atoms with E-state index < -0.39 is 5.54 Å². The summed E-state index contributed by atoms with van der Waals surface area (Å²) in [6.07, 6.45) is 0. The van der Waals surface area contributed by atoms with Gasteiger partial charge in [-0.3, -0.25) is 4.79 Å². The quantitative estimate of drug-likeness (QED) is 0.903. The molecule has 1 saturated carbocycles. The average Bonchev–Trinajstić information content (AvgIpc) is 3.01. The zero-order valence-electron chi connectivity index (χ0n) is 14.1. The van der Waals surface area contributed by atoms with Gasteiger partial charge in [-0.25, -0.2) is 14.4 Å². The van der Waals surface area contributed by atoms with Crippen LogP contribution >= 0.6 is 0 Å². The highest BCUT2D eigenvalue weighted by atomic mass is 19.1. The Kier molecular flexibility index (Phi) is 3.35. The molecule has 0 bridgehead atoms. The van der Waals surface area contributed by atoms with Gasteiger partial charge in [-0.1, -0.05) is 12.1 Å². The van der Waals surface area contributed by atoms with Crippen LogP contribution in [-0.4, -0.2) is 29.0 Å². The van der Waals surface area contributed by atoms with Crippen LogP contribution in [0.4, 0.5) is 4.39 Å². The standard InChI is InChI=1S/C18H21FN4O/c1-9-21-15-10(5-4-6-13(15)19)16(22-9)18(2,3)23-17(24)14-11-7-20-8-12(11)14/h4-6,11-12,14,20H,7-8H2,1-3H3,(H,23,24). The van der Waals surface area contributed by atoms with Crippen molar-refractivity contribution in [3.05, 3.63) is 35.5 Å². The van der Waals surface area contributed by atoms with E-state index in [0.29, 0.717) is 34.3 Å². The van der Waals surface area contributed by atoms with E-state index in [-0.39, 0.29) is 17.6 Å². The van der Waals surface area contributed by atoms with Gasteiger partial charge in [0.05, 0.1) is 11.2 Å². The minimum Gasteiger partial charge on any atom is -0.345 e. The Morgan fingerprint density at radius 1 is 1.29 bits per heavy atom. The van der Waals surface area contributed by atoms with E-state index >= 15 is 0 Å². The van der Waals surface area contributed by atoms with Crippen molar-refractivity contribution >= 4 is 16.8 Å². The van der Waals surface area contributed by atoms with E-state index in [1.165, 1.54) is 6.07 Å². The molecular formula is C18H21FN4O. The minimum absolute atomic E-state index is 0.0670. The summed E-state index contributed by atoms with van der Waals surface area (Å²) >= 11 is 0. The first-order valence-corrected chi connectivity index (χ1v) is 8.34. The number of nitrogens with one attached hydrogen (secondary N) is 2. The maximum atomic E-state index is 14.1. The lowest BCUT2D eigenvalue weighted by molar-refractivity contribution is -0.124. The molecule has 126 valence electrons. The van der Waals surface area contributed by atoms with E-state index in [2.05, 4.69) is 20.6 Å². The highest BCUT2D eigenvalue weighted by Gasteiger charge is 2.57. The second-order valence-electron chi connectivity index (χ2n) is 7.38. The molecule has 6 heteroatoms. The molecule has 2 unspecified atom stereocenters. The summed E-state index contributed by atoms with van der Waals surface area (Å²) in [7, 11) is 0.